The summed E-state index contributed by atoms with van der Waals surface area (Å²) in [6, 6.07) is 9.82. The van der Waals surface area contributed by atoms with Crippen molar-refractivity contribution in [3.8, 4) is 11.3 Å². The van der Waals surface area contributed by atoms with Crippen molar-refractivity contribution in [3.63, 3.8) is 0 Å². The van der Waals surface area contributed by atoms with E-state index in [2.05, 4.69) is 30.6 Å². The first-order valence-electron chi connectivity index (χ1n) is 7.20. The van der Waals surface area contributed by atoms with Gasteiger partial charge in [-0.2, -0.15) is 14.6 Å². The molecule has 4 aromatic rings. The van der Waals surface area contributed by atoms with Gasteiger partial charge < -0.3 is 11.1 Å². The van der Waals surface area contributed by atoms with Gasteiger partial charge in [0.1, 0.15) is 17.5 Å². The molecule has 9 heteroatoms. The number of fused-ring (bicyclic) bond motifs is 1. The van der Waals surface area contributed by atoms with E-state index in [4.69, 9.17) is 5.73 Å². The Labute approximate surface area is 135 Å². The van der Waals surface area contributed by atoms with Crippen LogP contribution in [0.1, 0.15) is 5.82 Å². The number of halogens is 1. The number of aromatic amines is 1. The van der Waals surface area contributed by atoms with E-state index in [1.54, 1.807) is 28.9 Å². The Balaban J connectivity index is 1.70. The van der Waals surface area contributed by atoms with E-state index in [0.29, 0.717) is 23.7 Å². The van der Waals surface area contributed by atoms with Crippen LogP contribution in [0.2, 0.25) is 0 Å². The van der Waals surface area contributed by atoms with Crippen molar-refractivity contribution in [3.05, 3.63) is 54.2 Å². The van der Waals surface area contributed by atoms with E-state index in [1.807, 2.05) is 6.07 Å². The lowest BCUT2D eigenvalue weighted by atomic mass is 10.1. The molecular weight excluding hydrogens is 311 g/mol. The van der Waals surface area contributed by atoms with E-state index in [9.17, 15) is 4.39 Å². The third-order valence-corrected chi connectivity index (χ3v) is 3.49. The zero-order chi connectivity index (χ0) is 16.5. The normalized spacial score (nSPS) is 11.0. The molecule has 120 valence electrons. The summed E-state index contributed by atoms with van der Waals surface area (Å²) in [6.45, 7) is 0.395. The summed E-state index contributed by atoms with van der Waals surface area (Å²) in [7, 11) is 0. The van der Waals surface area contributed by atoms with Crippen LogP contribution in [0.5, 0.6) is 0 Å². The first-order chi connectivity index (χ1) is 11.7. The summed E-state index contributed by atoms with van der Waals surface area (Å²) < 4.78 is 14.8. The van der Waals surface area contributed by atoms with Crippen molar-refractivity contribution in [1.29, 1.82) is 0 Å². The number of hydrogen-bond acceptors (Lipinski definition) is 6. The quantitative estimate of drug-likeness (QED) is 0.528. The molecule has 0 spiro atoms. The highest BCUT2D eigenvalue weighted by Gasteiger charge is 2.09. The molecule has 24 heavy (non-hydrogen) atoms. The van der Waals surface area contributed by atoms with Gasteiger partial charge in [0, 0.05) is 17.7 Å². The molecule has 0 atom stereocenters. The van der Waals surface area contributed by atoms with Crippen LogP contribution in [0.3, 0.4) is 0 Å². The van der Waals surface area contributed by atoms with Crippen molar-refractivity contribution in [2.75, 3.05) is 11.1 Å². The highest BCUT2D eigenvalue weighted by Crippen LogP contribution is 2.22. The molecule has 0 saturated carbocycles. The molecule has 4 N–H and O–H groups in total. The van der Waals surface area contributed by atoms with Gasteiger partial charge in [0.05, 0.1) is 18.4 Å². The summed E-state index contributed by atoms with van der Waals surface area (Å²) in [6.07, 6.45) is 1.66. The molecule has 3 aromatic heterocycles. The number of anilines is 2. The molecule has 0 saturated heterocycles. The zero-order valence-corrected chi connectivity index (χ0v) is 12.4. The van der Waals surface area contributed by atoms with Crippen LogP contribution >= 0.6 is 0 Å². The third kappa shape index (κ3) is 2.62. The highest BCUT2D eigenvalue weighted by molar-refractivity contribution is 5.66. The summed E-state index contributed by atoms with van der Waals surface area (Å²) in [5.41, 5.74) is 7.69. The van der Waals surface area contributed by atoms with Gasteiger partial charge >= 0.3 is 0 Å². The van der Waals surface area contributed by atoms with Crippen LogP contribution in [0.15, 0.2) is 42.6 Å². The molecule has 0 aliphatic heterocycles. The first-order valence-corrected chi connectivity index (χ1v) is 7.20. The second kappa shape index (κ2) is 5.61. The van der Waals surface area contributed by atoms with E-state index < -0.39 is 0 Å². The first kappa shape index (κ1) is 14.1. The van der Waals surface area contributed by atoms with Crippen LogP contribution in [-0.2, 0) is 6.54 Å². The van der Waals surface area contributed by atoms with Gasteiger partial charge in [-0.25, -0.2) is 9.37 Å². The summed E-state index contributed by atoms with van der Waals surface area (Å²) >= 11 is 0. The van der Waals surface area contributed by atoms with E-state index in [1.165, 1.54) is 12.1 Å². The molecule has 8 nitrogen and oxygen atoms in total. The highest BCUT2D eigenvalue weighted by atomic mass is 19.1. The number of nitrogens with zero attached hydrogens (tertiary/aromatic N) is 5. The molecule has 4 rings (SSSR count). The Morgan fingerprint density at radius 3 is 2.75 bits per heavy atom. The van der Waals surface area contributed by atoms with Crippen LogP contribution in [0.4, 0.5) is 16.2 Å². The minimum absolute atomic E-state index is 0.192. The minimum atomic E-state index is -0.287. The fourth-order valence-electron chi connectivity index (χ4n) is 2.37. The fourth-order valence-corrected chi connectivity index (χ4v) is 2.37. The van der Waals surface area contributed by atoms with Crippen molar-refractivity contribution in [2.24, 2.45) is 0 Å². The third-order valence-electron chi connectivity index (χ3n) is 3.49. The SMILES string of the molecule is Nc1n[nH]c(CNc2cc(-c3ccc(F)cc3)nc3ccnn23)n1. The summed E-state index contributed by atoms with van der Waals surface area (Å²) in [5.74, 6) is 1.23. The lowest BCUT2D eigenvalue weighted by Gasteiger charge is -2.09. The van der Waals surface area contributed by atoms with E-state index in [-0.39, 0.29) is 11.8 Å². The van der Waals surface area contributed by atoms with Crippen molar-refractivity contribution >= 4 is 17.4 Å². The van der Waals surface area contributed by atoms with Crippen molar-refractivity contribution < 1.29 is 4.39 Å². The van der Waals surface area contributed by atoms with Crippen molar-refractivity contribution in [1.82, 2.24) is 29.8 Å². The van der Waals surface area contributed by atoms with Gasteiger partial charge in [-0.1, -0.05) is 0 Å². The Bertz CT molecular complexity index is 988. The Morgan fingerprint density at radius 1 is 1.17 bits per heavy atom. The average Bonchev–Trinajstić information content (AvgIpc) is 3.22. The van der Waals surface area contributed by atoms with Crippen LogP contribution < -0.4 is 11.1 Å². The Morgan fingerprint density at radius 2 is 2.00 bits per heavy atom. The fraction of sp³-hybridized carbons (Fsp3) is 0.0667. The van der Waals surface area contributed by atoms with Crippen LogP contribution in [0, 0.1) is 5.82 Å². The van der Waals surface area contributed by atoms with Gasteiger partial charge in [-0.05, 0) is 24.3 Å². The summed E-state index contributed by atoms with van der Waals surface area (Å²) in [4.78, 5) is 8.58. The molecule has 3 heterocycles. The Kier molecular flexibility index (Phi) is 3.30. The van der Waals surface area contributed by atoms with E-state index >= 15 is 0 Å². The second-order valence-electron chi connectivity index (χ2n) is 5.13. The number of benzene rings is 1. The number of rotatable bonds is 4. The maximum atomic E-state index is 13.1. The van der Waals surface area contributed by atoms with Crippen molar-refractivity contribution in [2.45, 2.75) is 6.54 Å². The van der Waals surface area contributed by atoms with Gasteiger partial charge in [0.25, 0.3) is 0 Å². The molecule has 0 bridgehead atoms. The largest absolute Gasteiger partial charge is 0.367 e. The topological polar surface area (TPSA) is 110 Å². The number of nitrogen functional groups attached to an aromatic ring is 1. The van der Waals surface area contributed by atoms with E-state index in [0.717, 1.165) is 11.4 Å². The molecule has 1 aromatic carbocycles. The second-order valence-corrected chi connectivity index (χ2v) is 5.13. The molecule has 0 aliphatic carbocycles. The predicted octanol–water partition coefficient (Wildman–Crippen LogP) is 1.85. The molecule has 0 fully saturated rings. The molecule has 0 unspecified atom stereocenters. The number of aromatic nitrogens is 6. The smallest absolute Gasteiger partial charge is 0.239 e. The lowest BCUT2D eigenvalue weighted by Crippen LogP contribution is -2.07. The molecule has 0 aliphatic rings. The lowest BCUT2D eigenvalue weighted by molar-refractivity contribution is 0.628. The van der Waals surface area contributed by atoms with Crippen LogP contribution in [-0.4, -0.2) is 29.8 Å². The molecule has 0 amide bonds. The number of nitrogens with one attached hydrogen (secondary N) is 2. The van der Waals surface area contributed by atoms with Gasteiger partial charge in [0.2, 0.25) is 5.95 Å². The Hall–Kier alpha value is -3.49. The number of hydrogen-bond donors (Lipinski definition) is 3. The monoisotopic (exact) mass is 324 g/mol. The average molecular weight is 324 g/mol. The minimum Gasteiger partial charge on any atom is -0.367 e. The van der Waals surface area contributed by atoms with Gasteiger partial charge in [0.15, 0.2) is 5.65 Å². The van der Waals surface area contributed by atoms with Gasteiger partial charge in [-0.15, -0.1) is 5.10 Å². The maximum Gasteiger partial charge on any atom is 0.239 e. The van der Waals surface area contributed by atoms with Gasteiger partial charge in [-0.3, -0.25) is 5.10 Å². The summed E-state index contributed by atoms with van der Waals surface area (Å²) in [5, 5.41) is 14.0. The van der Waals surface area contributed by atoms with Crippen LogP contribution in [0.25, 0.3) is 16.9 Å². The number of H-pyrrole nitrogens is 1. The standard InChI is InChI=1S/C15H13FN8/c16-10-3-1-9(2-4-10)11-7-14(24-13(20-11)5-6-19-24)18-8-12-21-15(17)23-22-12/h1-7,18H,8H2,(H3,17,21,22,23). The maximum absolute atomic E-state index is 13.1. The number of nitrogens with two attached hydrogens (primary N) is 1. The predicted molar refractivity (Wildman–Crippen MR) is 86.5 cm³/mol. The zero-order valence-electron chi connectivity index (χ0n) is 12.4. The molecule has 0 radical (unpaired) electrons. The molecular formula is C15H13FN8.